The molecular weight excluding hydrogens is 379 g/mol. The highest BCUT2D eigenvalue weighted by Crippen LogP contribution is 2.19. The normalized spacial score (nSPS) is 9.38. The van der Waals surface area contributed by atoms with Crippen molar-refractivity contribution < 1.29 is 9.59 Å². The minimum atomic E-state index is -0.496. The zero-order valence-corrected chi connectivity index (χ0v) is 13.6. The molecule has 2 aromatic carbocycles. The Hall–Kier alpha value is -1.89. The molecule has 0 saturated heterocycles. The van der Waals surface area contributed by atoms with E-state index in [1.807, 2.05) is 6.07 Å². The first kappa shape index (κ1) is 17.2. The van der Waals surface area contributed by atoms with E-state index in [0.29, 0.717) is 0 Å². The molecule has 0 aliphatic heterocycles. The fraction of sp³-hybridized carbons (Fsp3) is 0.125. The highest BCUT2D eigenvalue weighted by atomic mass is 127. The van der Waals surface area contributed by atoms with Crippen LogP contribution in [0.4, 0.5) is 0 Å². The molecular formula is C16H17IN2O2. The topological polar surface area (TPSA) is 86.2 Å². The minimum Gasteiger partial charge on any atom is -0.370 e. The van der Waals surface area contributed by atoms with Crippen LogP contribution in [0.5, 0.6) is 0 Å². The van der Waals surface area contributed by atoms with Gasteiger partial charge in [-0.05, 0) is 45.9 Å². The van der Waals surface area contributed by atoms with Gasteiger partial charge in [0.05, 0.1) is 0 Å². The van der Waals surface area contributed by atoms with E-state index in [4.69, 9.17) is 11.5 Å². The number of rotatable bonds is 4. The predicted molar refractivity (Wildman–Crippen MR) is 92.2 cm³/mol. The molecule has 0 heterocycles. The van der Waals surface area contributed by atoms with Crippen LogP contribution >= 0.6 is 22.6 Å². The van der Waals surface area contributed by atoms with Crippen molar-refractivity contribution in [1.82, 2.24) is 0 Å². The summed E-state index contributed by atoms with van der Waals surface area (Å²) in [6, 6.07) is 19.0. The third kappa shape index (κ3) is 7.45. The molecule has 0 spiro atoms. The monoisotopic (exact) mass is 396 g/mol. The van der Waals surface area contributed by atoms with Crippen LogP contribution in [0.2, 0.25) is 0 Å². The lowest BCUT2D eigenvalue weighted by Gasteiger charge is -2.00. The fourth-order valence-electron chi connectivity index (χ4n) is 1.52. The Balaban J connectivity index is 0.000000240. The molecule has 2 amide bonds. The maximum absolute atomic E-state index is 9.92. The molecule has 4 nitrogen and oxygen atoms in total. The van der Waals surface area contributed by atoms with Crippen LogP contribution in [0, 0.1) is 3.57 Å². The fourth-order valence-corrected chi connectivity index (χ4v) is 1.88. The molecule has 0 atom stereocenters. The van der Waals surface area contributed by atoms with Crippen molar-refractivity contribution in [2.75, 3.05) is 0 Å². The zero-order chi connectivity index (χ0) is 15.7. The lowest BCUT2D eigenvalue weighted by atomic mass is 10.1. The molecule has 0 aliphatic carbocycles. The number of halogens is 1. The van der Waals surface area contributed by atoms with Gasteiger partial charge in [-0.15, -0.1) is 0 Å². The Labute approximate surface area is 137 Å². The third-order valence-corrected chi connectivity index (χ3v) is 3.29. The molecule has 0 fully saturated rings. The summed E-state index contributed by atoms with van der Waals surface area (Å²) in [5.41, 5.74) is 11.9. The van der Waals surface area contributed by atoms with Gasteiger partial charge in [-0.2, -0.15) is 0 Å². The Kier molecular flexibility index (Phi) is 7.45. The summed E-state index contributed by atoms with van der Waals surface area (Å²) >= 11 is 2.32. The number of carbonyl (C=O) groups excluding carboxylic acids is 2. The molecule has 0 aliphatic rings. The summed E-state index contributed by atoms with van der Waals surface area (Å²) < 4.78 is 1.28. The van der Waals surface area contributed by atoms with Gasteiger partial charge in [0.25, 0.3) is 0 Å². The van der Waals surface area contributed by atoms with E-state index in [9.17, 15) is 9.59 Å². The first-order valence-corrected chi connectivity index (χ1v) is 7.44. The smallest absolute Gasteiger partial charge is 0.217 e. The Morgan fingerprint density at radius 1 is 0.762 bits per heavy atom. The highest BCUT2D eigenvalue weighted by Gasteiger charge is 1.96. The van der Waals surface area contributed by atoms with Crippen LogP contribution in [-0.2, 0) is 9.59 Å². The first-order chi connectivity index (χ1) is 9.99. The molecule has 5 heteroatoms. The van der Waals surface area contributed by atoms with Crippen LogP contribution < -0.4 is 11.5 Å². The standard InChI is InChI=1S/C12H9I.C4H8N2O2/c13-12-8-6-11(7-9-12)10-4-2-1-3-5-10;5-3(7)1-2-4(6)8/h1-9H;1-2H2,(H2,5,7)(H2,6,8). The number of carbonyl (C=O) groups is 2. The number of hydrogen-bond donors (Lipinski definition) is 2. The number of hydrogen-bond acceptors (Lipinski definition) is 2. The van der Waals surface area contributed by atoms with Gasteiger partial charge < -0.3 is 11.5 Å². The largest absolute Gasteiger partial charge is 0.370 e. The lowest BCUT2D eigenvalue weighted by molar-refractivity contribution is -0.123. The van der Waals surface area contributed by atoms with Crippen LogP contribution in [0.15, 0.2) is 54.6 Å². The maximum atomic E-state index is 9.92. The van der Waals surface area contributed by atoms with Crippen molar-refractivity contribution in [3.63, 3.8) is 0 Å². The second kappa shape index (κ2) is 9.12. The van der Waals surface area contributed by atoms with Gasteiger partial charge in [0.1, 0.15) is 0 Å². The molecule has 0 saturated carbocycles. The van der Waals surface area contributed by atoms with Crippen LogP contribution in [0.1, 0.15) is 12.8 Å². The summed E-state index contributed by atoms with van der Waals surface area (Å²) in [5, 5.41) is 0. The number of amides is 2. The average molecular weight is 396 g/mol. The van der Waals surface area contributed by atoms with E-state index in [1.54, 1.807) is 0 Å². The van der Waals surface area contributed by atoms with E-state index in [1.165, 1.54) is 14.7 Å². The Morgan fingerprint density at radius 3 is 1.62 bits per heavy atom. The first-order valence-electron chi connectivity index (χ1n) is 6.36. The van der Waals surface area contributed by atoms with Crippen molar-refractivity contribution in [3.05, 3.63) is 58.2 Å². The van der Waals surface area contributed by atoms with Gasteiger partial charge in [0, 0.05) is 16.4 Å². The second-order valence-electron chi connectivity index (χ2n) is 4.31. The molecule has 0 radical (unpaired) electrons. The van der Waals surface area contributed by atoms with Crippen molar-refractivity contribution in [2.45, 2.75) is 12.8 Å². The van der Waals surface area contributed by atoms with Crippen molar-refractivity contribution in [1.29, 1.82) is 0 Å². The number of primary amides is 2. The molecule has 110 valence electrons. The highest BCUT2D eigenvalue weighted by molar-refractivity contribution is 14.1. The van der Waals surface area contributed by atoms with E-state index in [2.05, 4.69) is 71.1 Å². The van der Waals surface area contributed by atoms with Crippen molar-refractivity contribution in [2.24, 2.45) is 11.5 Å². The molecule has 0 bridgehead atoms. The van der Waals surface area contributed by atoms with Crippen LogP contribution in [0.3, 0.4) is 0 Å². The summed E-state index contributed by atoms with van der Waals surface area (Å²) in [7, 11) is 0. The maximum Gasteiger partial charge on any atom is 0.217 e. The van der Waals surface area contributed by atoms with E-state index in [0.717, 1.165) is 0 Å². The summed E-state index contributed by atoms with van der Waals surface area (Å²) in [5.74, 6) is -0.993. The van der Waals surface area contributed by atoms with E-state index >= 15 is 0 Å². The van der Waals surface area contributed by atoms with Crippen molar-refractivity contribution in [3.8, 4) is 11.1 Å². The van der Waals surface area contributed by atoms with Gasteiger partial charge in [-0.25, -0.2) is 0 Å². The third-order valence-electron chi connectivity index (χ3n) is 2.57. The summed E-state index contributed by atoms with van der Waals surface area (Å²) in [6.07, 6.45) is 0.102. The lowest BCUT2D eigenvalue weighted by Crippen LogP contribution is -2.16. The molecule has 4 N–H and O–H groups in total. The SMILES string of the molecule is Ic1ccc(-c2ccccc2)cc1.NC(=O)CCC(N)=O. The summed E-state index contributed by atoms with van der Waals surface area (Å²) in [4.78, 5) is 19.8. The molecule has 0 unspecified atom stereocenters. The van der Waals surface area contributed by atoms with E-state index < -0.39 is 11.8 Å². The van der Waals surface area contributed by atoms with Gasteiger partial charge in [0.15, 0.2) is 0 Å². The average Bonchev–Trinajstić information content (AvgIpc) is 2.47. The number of benzene rings is 2. The van der Waals surface area contributed by atoms with E-state index in [-0.39, 0.29) is 12.8 Å². The minimum absolute atomic E-state index is 0.0509. The van der Waals surface area contributed by atoms with Crippen molar-refractivity contribution >= 4 is 34.4 Å². The van der Waals surface area contributed by atoms with Gasteiger partial charge >= 0.3 is 0 Å². The molecule has 21 heavy (non-hydrogen) atoms. The molecule has 0 aromatic heterocycles. The predicted octanol–water partition coefficient (Wildman–Crippen LogP) is 2.70. The zero-order valence-electron chi connectivity index (χ0n) is 11.5. The van der Waals surface area contributed by atoms with Gasteiger partial charge in [-0.1, -0.05) is 42.5 Å². The van der Waals surface area contributed by atoms with Gasteiger partial charge in [0.2, 0.25) is 11.8 Å². The van der Waals surface area contributed by atoms with Crippen LogP contribution in [0.25, 0.3) is 11.1 Å². The van der Waals surface area contributed by atoms with Gasteiger partial charge in [-0.3, -0.25) is 9.59 Å². The number of nitrogens with two attached hydrogens (primary N) is 2. The Bertz CT molecular complexity index is 569. The summed E-state index contributed by atoms with van der Waals surface area (Å²) in [6.45, 7) is 0. The molecule has 2 rings (SSSR count). The molecule has 2 aromatic rings. The quantitative estimate of drug-likeness (QED) is 0.779. The Morgan fingerprint density at radius 2 is 1.19 bits per heavy atom. The van der Waals surface area contributed by atoms with Crippen LogP contribution in [-0.4, -0.2) is 11.8 Å². The second-order valence-corrected chi connectivity index (χ2v) is 5.55.